The van der Waals surface area contributed by atoms with Crippen LogP contribution in [0.3, 0.4) is 0 Å². The lowest BCUT2D eigenvalue weighted by Crippen LogP contribution is -2.10. The predicted octanol–water partition coefficient (Wildman–Crippen LogP) is 12.1. The highest BCUT2D eigenvalue weighted by atomic mass is 16.3. The lowest BCUT2D eigenvalue weighted by molar-refractivity contribution is 0.669. The fourth-order valence-electron chi connectivity index (χ4n) is 6.63. The molecule has 3 heteroatoms. The Hall–Kier alpha value is -6.19. The number of hydrogen-bond donors (Lipinski definition) is 0. The van der Waals surface area contributed by atoms with Gasteiger partial charge in [-0.3, -0.25) is 4.98 Å². The Morgan fingerprint density at radius 2 is 1.07 bits per heavy atom. The maximum absolute atomic E-state index is 6.65. The summed E-state index contributed by atoms with van der Waals surface area (Å²) in [5.74, 6) is 0. The Bertz CT molecular complexity index is 2510. The van der Waals surface area contributed by atoms with Gasteiger partial charge >= 0.3 is 0 Å². The van der Waals surface area contributed by atoms with Crippen LogP contribution in [0.1, 0.15) is 0 Å². The van der Waals surface area contributed by atoms with Crippen molar-refractivity contribution >= 4 is 60.7 Å². The third kappa shape index (κ3) is 4.41. The second-order valence-electron chi connectivity index (χ2n) is 11.6. The van der Waals surface area contributed by atoms with Gasteiger partial charge in [0.1, 0.15) is 11.1 Å². The summed E-state index contributed by atoms with van der Waals surface area (Å²) in [5.41, 5.74) is 10.2. The molecule has 0 saturated heterocycles. The van der Waals surface area contributed by atoms with Gasteiger partial charge in [0.2, 0.25) is 0 Å². The first-order valence-corrected chi connectivity index (χ1v) is 15.5. The fraction of sp³-hybridized carbons (Fsp3) is 0. The number of nitrogens with zero attached hydrogens (tertiary/aromatic N) is 2. The highest BCUT2D eigenvalue weighted by Crippen LogP contribution is 2.43. The third-order valence-electron chi connectivity index (χ3n) is 8.90. The molecule has 3 nitrogen and oxygen atoms in total. The minimum Gasteiger partial charge on any atom is -0.452 e. The Labute approximate surface area is 266 Å². The van der Waals surface area contributed by atoms with Crippen LogP contribution in [0.5, 0.6) is 0 Å². The predicted molar refractivity (Wildman–Crippen MR) is 192 cm³/mol. The van der Waals surface area contributed by atoms with Gasteiger partial charge in [-0.25, -0.2) is 0 Å². The summed E-state index contributed by atoms with van der Waals surface area (Å²) in [4.78, 5) is 7.09. The second kappa shape index (κ2) is 10.8. The third-order valence-corrected chi connectivity index (χ3v) is 8.90. The van der Waals surface area contributed by atoms with Gasteiger partial charge in [-0.1, -0.05) is 121 Å². The van der Waals surface area contributed by atoms with Crippen molar-refractivity contribution in [2.24, 2.45) is 0 Å². The second-order valence-corrected chi connectivity index (χ2v) is 11.6. The molecule has 9 rings (SSSR count). The average Bonchev–Trinajstić information content (AvgIpc) is 3.49. The van der Waals surface area contributed by atoms with E-state index in [-0.39, 0.29) is 0 Å². The average molecular weight is 589 g/mol. The number of benzene rings is 7. The molecule has 0 aliphatic rings. The number of fused-ring (bicyclic) bond motifs is 5. The van der Waals surface area contributed by atoms with E-state index in [1.165, 1.54) is 38.4 Å². The lowest BCUT2D eigenvalue weighted by atomic mass is 9.98. The van der Waals surface area contributed by atoms with Gasteiger partial charge in [-0.05, 0) is 86.3 Å². The molecular formula is C43H28N2O. The van der Waals surface area contributed by atoms with E-state index < -0.39 is 0 Å². The highest BCUT2D eigenvalue weighted by Gasteiger charge is 2.21. The van der Waals surface area contributed by atoms with E-state index in [1.54, 1.807) is 0 Å². The van der Waals surface area contributed by atoms with E-state index >= 15 is 0 Å². The molecule has 216 valence electrons. The molecule has 7 aromatic carbocycles. The SMILES string of the molecule is c1ccc(-c2ccc(N(c3ccc(-c4cccc5ccccc45)cc3)c3ccnc4c3oc3cc5ccccc5cc34)cc2)cc1. The lowest BCUT2D eigenvalue weighted by Gasteiger charge is -2.26. The molecule has 0 radical (unpaired) electrons. The molecule has 0 saturated carbocycles. The van der Waals surface area contributed by atoms with E-state index in [0.29, 0.717) is 0 Å². The molecule has 2 heterocycles. The first kappa shape index (κ1) is 26.2. The summed E-state index contributed by atoms with van der Waals surface area (Å²) in [6, 6.07) is 57.8. The topological polar surface area (TPSA) is 29.3 Å². The number of anilines is 3. The zero-order valence-corrected chi connectivity index (χ0v) is 25.0. The summed E-state index contributed by atoms with van der Waals surface area (Å²) >= 11 is 0. The van der Waals surface area contributed by atoms with E-state index in [2.05, 4.69) is 157 Å². The van der Waals surface area contributed by atoms with Crippen LogP contribution in [0.4, 0.5) is 17.1 Å². The van der Waals surface area contributed by atoms with Crippen molar-refractivity contribution in [3.05, 3.63) is 170 Å². The molecule has 0 aliphatic heterocycles. The zero-order valence-electron chi connectivity index (χ0n) is 25.0. The van der Waals surface area contributed by atoms with E-state index in [1.807, 2.05) is 18.3 Å². The molecule has 0 N–H and O–H groups in total. The van der Waals surface area contributed by atoms with Crippen LogP contribution in [0.15, 0.2) is 174 Å². The van der Waals surface area contributed by atoms with Crippen LogP contribution in [-0.4, -0.2) is 4.98 Å². The molecule has 0 aliphatic carbocycles. The van der Waals surface area contributed by atoms with Gasteiger partial charge in [-0.15, -0.1) is 0 Å². The molecule has 0 atom stereocenters. The van der Waals surface area contributed by atoms with Crippen molar-refractivity contribution in [3.8, 4) is 22.3 Å². The minimum absolute atomic E-state index is 0.762. The first-order valence-electron chi connectivity index (χ1n) is 15.5. The van der Waals surface area contributed by atoms with E-state index in [9.17, 15) is 0 Å². The normalized spacial score (nSPS) is 11.5. The Kier molecular flexibility index (Phi) is 6.14. The monoisotopic (exact) mass is 588 g/mol. The molecule has 9 aromatic rings. The van der Waals surface area contributed by atoms with Crippen LogP contribution in [0, 0.1) is 0 Å². The zero-order chi connectivity index (χ0) is 30.5. The molecule has 0 amide bonds. The van der Waals surface area contributed by atoms with E-state index in [0.717, 1.165) is 44.5 Å². The summed E-state index contributed by atoms with van der Waals surface area (Å²) in [6.45, 7) is 0. The largest absolute Gasteiger partial charge is 0.452 e. The molecule has 46 heavy (non-hydrogen) atoms. The molecule has 0 spiro atoms. The standard InChI is InChI=1S/C43H28N2O/c1-2-9-29(10-3-1)30-17-21-35(22-18-30)45(36-23-19-32(20-24-36)38-16-8-14-31-11-6-7-15-37(31)38)40-25-26-44-42-39-27-33-12-4-5-13-34(33)28-41(39)46-43(40)42/h1-28H. The molecule has 0 fully saturated rings. The van der Waals surface area contributed by atoms with Crippen molar-refractivity contribution in [1.82, 2.24) is 4.98 Å². The molecular weight excluding hydrogens is 560 g/mol. The Balaban J connectivity index is 1.22. The van der Waals surface area contributed by atoms with Gasteiger partial charge in [-0.2, -0.15) is 0 Å². The van der Waals surface area contributed by atoms with Crippen molar-refractivity contribution in [2.75, 3.05) is 4.90 Å². The maximum Gasteiger partial charge on any atom is 0.177 e. The smallest absolute Gasteiger partial charge is 0.177 e. The summed E-state index contributed by atoms with van der Waals surface area (Å²) in [6.07, 6.45) is 1.89. The molecule has 0 unspecified atom stereocenters. The van der Waals surface area contributed by atoms with Gasteiger partial charge in [0.15, 0.2) is 5.58 Å². The molecule has 0 bridgehead atoms. The van der Waals surface area contributed by atoms with Crippen molar-refractivity contribution < 1.29 is 4.42 Å². The van der Waals surface area contributed by atoms with Crippen LogP contribution >= 0.6 is 0 Å². The quantitative estimate of drug-likeness (QED) is 0.200. The van der Waals surface area contributed by atoms with Crippen LogP contribution in [0.25, 0.3) is 65.9 Å². The number of furan rings is 1. The van der Waals surface area contributed by atoms with Gasteiger partial charge in [0.25, 0.3) is 0 Å². The van der Waals surface area contributed by atoms with Crippen molar-refractivity contribution in [1.29, 1.82) is 0 Å². The minimum atomic E-state index is 0.762. The highest BCUT2D eigenvalue weighted by molar-refractivity contribution is 6.12. The van der Waals surface area contributed by atoms with Crippen LogP contribution in [0.2, 0.25) is 0 Å². The van der Waals surface area contributed by atoms with Crippen LogP contribution < -0.4 is 4.90 Å². The number of hydrogen-bond acceptors (Lipinski definition) is 3. The van der Waals surface area contributed by atoms with Gasteiger partial charge in [0, 0.05) is 23.0 Å². The van der Waals surface area contributed by atoms with Gasteiger partial charge in [0.05, 0.1) is 5.69 Å². The Morgan fingerprint density at radius 1 is 0.457 bits per heavy atom. The molecule has 2 aromatic heterocycles. The fourth-order valence-corrected chi connectivity index (χ4v) is 6.63. The number of pyridine rings is 1. The van der Waals surface area contributed by atoms with Crippen molar-refractivity contribution in [2.45, 2.75) is 0 Å². The number of rotatable bonds is 5. The summed E-state index contributed by atoms with van der Waals surface area (Å²) in [5, 5.41) is 5.81. The van der Waals surface area contributed by atoms with Gasteiger partial charge < -0.3 is 9.32 Å². The van der Waals surface area contributed by atoms with E-state index in [4.69, 9.17) is 9.40 Å². The Morgan fingerprint density at radius 3 is 1.83 bits per heavy atom. The van der Waals surface area contributed by atoms with Crippen LogP contribution in [-0.2, 0) is 0 Å². The van der Waals surface area contributed by atoms with Crippen molar-refractivity contribution in [3.63, 3.8) is 0 Å². The summed E-state index contributed by atoms with van der Waals surface area (Å²) in [7, 11) is 0. The maximum atomic E-state index is 6.65. The summed E-state index contributed by atoms with van der Waals surface area (Å²) < 4.78 is 6.65. The first-order chi connectivity index (χ1) is 22.8. The number of aromatic nitrogens is 1.